The zero-order valence-electron chi connectivity index (χ0n) is 9.17. The van der Waals surface area contributed by atoms with Crippen LogP contribution in [0.25, 0.3) is 0 Å². The first-order valence-electron chi connectivity index (χ1n) is 5.73. The van der Waals surface area contributed by atoms with Gasteiger partial charge in [0, 0.05) is 19.7 Å². The van der Waals surface area contributed by atoms with E-state index in [4.69, 9.17) is 10.5 Å². The van der Waals surface area contributed by atoms with Gasteiger partial charge in [-0.2, -0.15) is 0 Å². The first-order valence-corrected chi connectivity index (χ1v) is 5.73. The fraction of sp³-hybridized carbons (Fsp3) is 1.00. The van der Waals surface area contributed by atoms with Gasteiger partial charge in [-0.15, -0.1) is 0 Å². The van der Waals surface area contributed by atoms with Crippen LogP contribution in [0, 0.1) is 5.92 Å². The predicted octanol–water partition coefficient (Wildman–Crippen LogP) is 0.836. The van der Waals surface area contributed by atoms with Crippen molar-refractivity contribution >= 4 is 0 Å². The Kier molecular flexibility index (Phi) is 3.10. The molecule has 1 atom stereocenters. The molecule has 0 aromatic carbocycles. The van der Waals surface area contributed by atoms with Crippen LogP contribution in [0.5, 0.6) is 0 Å². The molecule has 1 saturated carbocycles. The number of nitrogens with zero attached hydrogens (tertiary/aromatic N) is 1. The van der Waals surface area contributed by atoms with Crippen molar-refractivity contribution < 1.29 is 4.74 Å². The lowest BCUT2D eigenvalue weighted by molar-refractivity contribution is 0.143. The number of hydrogen-bond donors (Lipinski definition) is 1. The van der Waals surface area contributed by atoms with Crippen molar-refractivity contribution in [1.82, 2.24) is 4.90 Å². The van der Waals surface area contributed by atoms with Gasteiger partial charge in [0.25, 0.3) is 0 Å². The summed E-state index contributed by atoms with van der Waals surface area (Å²) >= 11 is 0. The molecule has 1 saturated heterocycles. The highest BCUT2D eigenvalue weighted by Crippen LogP contribution is 2.27. The Morgan fingerprint density at radius 2 is 2.29 bits per heavy atom. The van der Waals surface area contributed by atoms with E-state index in [1.54, 1.807) is 0 Å². The number of rotatable bonds is 4. The summed E-state index contributed by atoms with van der Waals surface area (Å²) < 4.78 is 5.35. The topological polar surface area (TPSA) is 38.5 Å². The van der Waals surface area contributed by atoms with Crippen LogP contribution in [0.15, 0.2) is 0 Å². The largest absolute Gasteiger partial charge is 0.379 e. The van der Waals surface area contributed by atoms with Crippen LogP contribution in [-0.4, -0.2) is 43.8 Å². The molecular weight excluding hydrogens is 176 g/mol. The molecule has 0 aromatic rings. The molecule has 1 heterocycles. The second-order valence-electron chi connectivity index (χ2n) is 5.16. The first kappa shape index (κ1) is 10.4. The van der Waals surface area contributed by atoms with Crippen LogP contribution in [0.2, 0.25) is 0 Å². The lowest BCUT2D eigenvalue weighted by atomic mass is 9.85. The lowest BCUT2D eigenvalue weighted by Crippen LogP contribution is -2.50. The highest BCUT2D eigenvalue weighted by atomic mass is 16.5. The molecule has 1 unspecified atom stereocenters. The van der Waals surface area contributed by atoms with Crippen LogP contribution in [-0.2, 0) is 4.74 Å². The molecule has 3 heteroatoms. The van der Waals surface area contributed by atoms with Crippen LogP contribution in [0.1, 0.15) is 25.7 Å². The van der Waals surface area contributed by atoms with Crippen molar-refractivity contribution in [1.29, 1.82) is 0 Å². The molecule has 0 radical (unpaired) electrons. The van der Waals surface area contributed by atoms with Gasteiger partial charge in [-0.1, -0.05) is 6.42 Å². The Labute approximate surface area is 86.6 Å². The molecular formula is C11H22N2O. The van der Waals surface area contributed by atoms with Crippen LogP contribution in [0.3, 0.4) is 0 Å². The Morgan fingerprint density at radius 3 is 2.79 bits per heavy atom. The van der Waals surface area contributed by atoms with Crippen molar-refractivity contribution in [3.05, 3.63) is 0 Å². The zero-order valence-corrected chi connectivity index (χ0v) is 9.17. The minimum Gasteiger partial charge on any atom is -0.379 e. The fourth-order valence-corrected chi connectivity index (χ4v) is 2.47. The Bertz CT molecular complexity index is 186. The van der Waals surface area contributed by atoms with Gasteiger partial charge in [0.1, 0.15) is 0 Å². The number of likely N-dealkylation sites (N-methyl/N-ethyl adjacent to an activating group) is 1. The smallest absolute Gasteiger partial charge is 0.0659 e. The molecule has 3 nitrogen and oxygen atoms in total. The molecule has 2 aliphatic rings. The monoisotopic (exact) mass is 198 g/mol. The van der Waals surface area contributed by atoms with E-state index in [-0.39, 0.29) is 5.54 Å². The molecule has 14 heavy (non-hydrogen) atoms. The summed E-state index contributed by atoms with van der Waals surface area (Å²) in [5.41, 5.74) is 6.16. The average Bonchev–Trinajstić information content (AvgIpc) is 2.44. The van der Waals surface area contributed by atoms with E-state index >= 15 is 0 Å². The van der Waals surface area contributed by atoms with Gasteiger partial charge in [-0.05, 0) is 32.2 Å². The van der Waals surface area contributed by atoms with E-state index < -0.39 is 0 Å². The van der Waals surface area contributed by atoms with Crippen LogP contribution < -0.4 is 5.73 Å². The summed E-state index contributed by atoms with van der Waals surface area (Å²) in [5, 5.41) is 0. The summed E-state index contributed by atoms with van der Waals surface area (Å²) in [6, 6.07) is 0. The third-order valence-corrected chi connectivity index (χ3v) is 3.51. The summed E-state index contributed by atoms with van der Waals surface area (Å²) in [4.78, 5) is 2.39. The minimum atomic E-state index is -0.0709. The van der Waals surface area contributed by atoms with E-state index in [1.807, 2.05) is 0 Å². The molecule has 0 bridgehead atoms. The van der Waals surface area contributed by atoms with E-state index in [1.165, 1.54) is 25.8 Å². The Morgan fingerprint density at radius 1 is 1.50 bits per heavy atom. The number of nitrogens with two attached hydrogens (primary N) is 1. The lowest BCUT2D eigenvalue weighted by Gasteiger charge is -2.34. The van der Waals surface area contributed by atoms with Crippen molar-refractivity contribution in [2.75, 3.05) is 33.4 Å². The second kappa shape index (κ2) is 4.17. The van der Waals surface area contributed by atoms with E-state index in [9.17, 15) is 0 Å². The molecule has 0 spiro atoms. The van der Waals surface area contributed by atoms with Gasteiger partial charge < -0.3 is 15.4 Å². The van der Waals surface area contributed by atoms with Gasteiger partial charge in [-0.3, -0.25) is 0 Å². The van der Waals surface area contributed by atoms with Crippen LogP contribution in [0.4, 0.5) is 0 Å². The molecule has 1 aliphatic carbocycles. The van der Waals surface area contributed by atoms with Gasteiger partial charge in [0.05, 0.1) is 12.1 Å². The summed E-state index contributed by atoms with van der Waals surface area (Å²) in [6.07, 6.45) is 5.27. The second-order valence-corrected chi connectivity index (χ2v) is 5.16. The van der Waals surface area contributed by atoms with Gasteiger partial charge in [0.2, 0.25) is 0 Å². The van der Waals surface area contributed by atoms with Crippen molar-refractivity contribution in [3.8, 4) is 0 Å². The van der Waals surface area contributed by atoms with Gasteiger partial charge >= 0.3 is 0 Å². The third-order valence-electron chi connectivity index (χ3n) is 3.51. The van der Waals surface area contributed by atoms with Crippen molar-refractivity contribution in [2.24, 2.45) is 11.7 Å². The summed E-state index contributed by atoms with van der Waals surface area (Å²) in [6.45, 7) is 3.79. The SMILES string of the molecule is CN(CC1CCC1)CC1(N)CCOC1. The van der Waals surface area contributed by atoms with Gasteiger partial charge in [-0.25, -0.2) is 0 Å². The van der Waals surface area contributed by atoms with Crippen molar-refractivity contribution in [3.63, 3.8) is 0 Å². The maximum absolute atomic E-state index is 6.23. The summed E-state index contributed by atoms with van der Waals surface area (Å²) in [5.74, 6) is 0.936. The Balaban J connectivity index is 1.72. The quantitative estimate of drug-likeness (QED) is 0.727. The normalized spacial score (nSPS) is 33.6. The fourth-order valence-electron chi connectivity index (χ4n) is 2.47. The van der Waals surface area contributed by atoms with Crippen LogP contribution >= 0.6 is 0 Å². The molecule has 82 valence electrons. The molecule has 0 amide bonds. The maximum atomic E-state index is 6.23. The predicted molar refractivity (Wildman–Crippen MR) is 57.2 cm³/mol. The van der Waals surface area contributed by atoms with E-state index in [0.29, 0.717) is 0 Å². The number of hydrogen-bond acceptors (Lipinski definition) is 3. The zero-order chi connectivity index (χ0) is 10.0. The molecule has 1 aliphatic heterocycles. The molecule has 2 rings (SSSR count). The average molecular weight is 198 g/mol. The van der Waals surface area contributed by atoms with E-state index in [2.05, 4.69) is 11.9 Å². The summed E-state index contributed by atoms with van der Waals surface area (Å²) in [7, 11) is 2.19. The third kappa shape index (κ3) is 2.47. The minimum absolute atomic E-state index is 0.0709. The standard InChI is InChI=1S/C11H22N2O/c1-13(7-10-3-2-4-10)8-11(12)5-6-14-9-11/h10H,2-9,12H2,1H3. The number of ether oxygens (including phenoxy) is 1. The van der Waals surface area contributed by atoms with Crippen molar-refractivity contribution in [2.45, 2.75) is 31.2 Å². The first-order chi connectivity index (χ1) is 6.68. The highest BCUT2D eigenvalue weighted by molar-refractivity contribution is 4.91. The maximum Gasteiger partial charge on any atom is 0.0659 e. The molecule has 0 aromatic heterocycles. The Hall–Kier alpha value is -0.120. The highest BCUT2D eigenvalue weighted by Gasteiger charge is 2.32. The van der Waals surface area contributed by atoms with E-state index in [0.717, 1.165) is 32.1 Å². The van der Waals surface area contributed by atoms with Gasteiger partial charge in [0.15, 0.2) is 0 Å². The molecule has 2 fully saturated rings. The molecule has 2 N–H and O–H groups in total.